The molecule has 0 radical (unpaired) electrons. The number of amides is 1. The van der Waals surface area contributed by atoms with Gasteiger partial charge in [-0.3, -0.25) is 4.79 Å². The first-order valence-corrected chi connectivity index (χ1v) is 7.63. The number of aromatic nitrogens is 1. The Kier molecular flexibility index (Phi) is 3.75. The van der Waals surface area contributed by atoms with Crippen LogP contribution in [0.3, 0.4) is 0 Å². The number of halogens is 2. The molecule has 0 unspecified atom stereocenters. The summed E-state index contributed by atoms with van der Waals surface area (Å²) in [5.74, 6) is 0.667. The van der Waals surface area contributed by atoms with Gasteiger partial charge in [0.2, 0.25) is 5.91 Å². The van der Waals surface area contributed by atoms with Crippen molar-refractivity contribution in [3.63, 3.8) is 0 Å². The van der Waals surface area contributed by atoms with Crippen LogP contribution in [0.1, 0.15) is 19.4 Å². The Morgan fingerprint density at radius 3 is 2.73 bits per heavy atom. The highest BCUT2D eigenvalue weighted by Crippen LogP contribution is 2.35. The van der Waals surface area contributed by atoms with Crippen LogP contribution in [-0.4, -0.2) is 10.9 Å². The lowest BCUT2D eigenvalue weighted by atomic mass is 9.81. The van der Waals surface area contributed by atoms with E-state index in [1.807, 2.05) is 32.0 Å². The molecule has 2 N–H and O–H groups in total. The van der Waals surface area contributed by atoms with E-state index in [9.17, 15) is 4.79 Å². The summed E-state index contributed by atoms with van der Waals surface area (Å²) < 4.78 is 0. The first kappa shape index (κ1) is 15.1. The minimum absolute atomic E-state index is 0.0480. The number of nitrogens with one attached hydrogen (secondary N) is 2. The number of hydrogen-bond donors (Lipinski definition) is 2. The number of carbonyl (C=O) groups is 1. The minimum atomic E-state index is -0.409. The van der Waals surface area contributed by atoms with Gasteiger partial charge in [0.05, 0.1) is 10.0 Å². The third-order valence-electron chi connectivity index (χ3n) is 3.68. The summed E-state index contributed by atoms with van der Waals surface area (Å²) >= 11 is 11.9. The van der Waals surface area contributed by atoms with Gasteiger partial charge in [-0.15, -0.1) is 0 Å². The second kappa shape index (κ2) is 5.45. The van der Waals surface area contributed by atoms with Crippen LogP contribution in [0.15, 0.2) is 30.5 Å². The molecule has 6 heteroatoms. The van der Waals surface area contributed by atoms with Crippen LogP contribution in [0.25, 0.3) is 0 Å². The van der Waals surface area contributed by atoms with Crippen molar-refractivity contribution in [2.45, 2.75) is 20.3 Å². The number of benzene rings is 1. The lowest BCUT2D eigenvalue weighted by molar-refractivity contribution is -0.124. The number of carbonyl (C=O) groups excluding carboxylic acids is 1. The number of hydrogen-bond acceptors (Lipinski definition) is 3. The molecule has 1 aromatic heterocycles. The lowest BCUT2D eigenvalue weighted by Crippen LogP contribution is -2.37. The Labute approximate surface area is 138 Å². The molecule has 0 atom stereocenters. The Morgan fingerprint density at radius 2 is 2.00 bits per heavy atom. The van der Waals surface area contributed by atoms with E-state index in [1.54, 1.807) is 6.07 Å². The molecule has 3 rings (SSSR count). The molecule has 2 aromatic rings. The first-order valence-electron chi connectivity index (χ1n) is 6.88. The SMILES string of the molecule is CC1(C)Cc2cc(Nc3cc(Cl)c(Cl)cn3)ccc2NC1=O. The average Bonchev–Trinajstić information content (AvgIpc) is 2.44. The van der Waals surface area contributed by atoms with Crippen molar-refractivity contribution >= 4 is 46.3 Å². The number of fused-ring (bicyclic) bond motifs is 1. The van der Waals surface area contributed by atoms with E-state index in [1.165, 1.54) is 6.20 Å². The van der Waals surface area contributed by atoms with E-state index in [0.717, 1.165) is 16.9 Å². The Hall–Kier alpha value is -1.78. The number of anilines is 3. The normalized spacial score (nSPS) is 15.9. The summed E-state index contributed by atoms with van der Waals surface area (Å²) in [6.45, 7) is 3.87. The van der Waals surface area contributed by atoms with E-state index in [-0.39, 0.29) is 5.91 Å². The van der Waals surface area contributed by atoms with Crippen molar-refractivity contribution in [2.24, 2.45) is 5.41 Å². The quantitative estimate of drug-likeness (QED) is 0.839. The topological polar surface area (TPSA) is 54.0 Å². The maximum Gasteiger partial charge on any atom is 0.230 e. The Bertz CT molecular complexity index is 759. The second-order valence-corrected chi connectivity index (χ2v) is 6.81. The highest BCUT2D eigenvalue weighted by Gasteiger charge is 2.33. The largest absolute Gasteiger partial charge is 0.340 e. The number of pyridine rings is 1. The van der Waals surface area contributed by atoms with E-state index in [0.29, 0.717) is 22.3 Å². The zero-order valence-corrected chi connectivity index (χ0v) is 13.7. The van der Waals surface area contributed by atoms with Crippen LogP contribution < -0.4 is 10.6 Å². The fourth-order valence-electron chi connectivity index (χ4n) is 2.42. The van der Waals surface area contributed by atoms with Gasteiger partial charge in [-0.25, -0.2) is 4.98 Å². The van der Waals surface area contributed by atoms with Crippen LogP contribution >= 0.6 is 23.2 Å². The second-order valence-electron chi connectivity index (χ2n) is 6.00. The summed E-state index contributed by atoms with van der Waals surface area (Å²) in [7, 11) is 0. The fourth-order valence-corrected chi connectivity index (χ4v) is 2.67. The predicted octanol–water partition coefficient (Wildman–Crippen LogP) is 4.65. The van der Waals surface area contributed by atoms with Gasteiger partial charge in [0.15, 0.2) is 0 Å². The van der Waals surface area contributed by atoms with Crippen molar-refractivity contribution in [3.05, 3.63) is 46.1 Å². The van der Waals surface area contributed by atoms with Crippen LogP contribution in [0, 0.1) is 5.41 Å². The zero-order valence-electron chi connectivity index (χ0n) is 12.2. The van der Waals surface area contributed by atoms with Crippen LogP contribution in [0.4, 0.5) is 17.2 Å². The van der Waals surface area contributed by atoms with Crippen molar-refractivity contribution in [1.29, 1.82) is 0 Å². The molecule has 0 saturated heterocycles. The summed E-state index contributed by atoms with van der Waals surface area (Å²) in [5, 5.41) is 7.00. The maximum absolute atomic E-state index is 12.0. The van der Waals surface area contributed by atoms with Gasteiger partial charge in [0.25, 0.3) is 0 Å². The molecule has 1 aliphatic heterocycles. The maximum atomic E-state index is 12.0. The van der Waals surface area contributed by atoms with Gasteiger partial charge < -0.3 is 10.6 Å². The van der Waals surface area contributed by atoms with Gasteiger partial charge >= 0.3 is 0 Å². The summed E-state index contributed by atoms with van der Waals surface area (Å²) in [6, 6.07) is 7.47. The minimum Gasteiger partial charge on any atom is -0.340 e. The van der Waals surface area contributed by atoms with Crippen molar-refractivity contribution < 1.29 is 4.79 Å². The van der Waals surface area contributed by atoms with E-state index in [4.69, 9.17) is 23.2 Å². The van der Waals surface area contributed by atoms with Crippen molar-refractivity contribution in [1.82, 2.24) is 4.98 Å². The molecule has 0 spiro atoms. The predicted molar refractivity (Wildman–Crippen MR) is 90.1 cm³/mol. The van der Waals surface area contributed by atoms with Gasteiger partial charge in [0.1, 0.15) is 5.82 Å². The summed E-state index contributed by atoms with van der Waals surface area (Å²) in [6.07, 6.45) is 2.20. The number of rotatable bonds is 2. The third-order valence-corrected chi connectivity index (χ3v) is 4.39. The first-order chi connectivity index (χ1) is 10.3. The highest BCUT2D eigenvalue weighted by molar-refractivity contribution is 6.42. The molecule has 0 aliphatic carbocycles. The fraction of sp³-hybridized carbons (Fsp3) is 0.250. The molecule has 0 saturated carbocycles. The van der Waals surface area contributed by atoms with Crippen LogP contribution in [0.2, 0.25) is 10.0 Å². The summed E-state index contributed by atoms with van der Waals surface area (Å²) in [4.78, 5) is 16.1. The van der Waals surface area contributed by atoms with Gasteiger partial charge in [-0.2, -0.15) is 0 Å². The van der Waals surface area contributed by atoms with Crippen molar-refractivity contribution in [3.8, 4) is 0 Å². The number of nitrogens with zero attached hydrogens (tertiary/aromatic N) is 1. The van der Waals surface area contributed by atoms with Gasteiger partial charge in [-0.1, -0.05) is 37.0 Å². The third kappa shape index (κ3) is 2.89. The molecule has 2 heterocycles. The zero-order chi connectivity index (χ0) is 15.9. The molecule has 1 aliphatic rings. The van der Waals surface area contributed by atoms with Crippen molar-refractivity contribution in [2.75, 3.05) is 10.6 Å². The summed E-state index contributed by atoms with van der Waals surface area (Å²) in [5.41, 5.74) is 2.43. The molecule has 0 fully saturated rings. The molecular weight excluding hydrogens is 321 g/mol. The van der Waals surface area contributed by atoms with E-state index >= 15 is 0 Å². The average molecular weight is 336 g/mol. The lowest BCUT2D eigenvalue weighted by Gasteiger charge is -2.30. The monoisotopic (exact) mass is 335 g/mol. The van der Waals surface area contributed by atoms with Gasteiger partial charge in [-0.05, 0) is 30.2 Å². The molecule has 1 amide bonds. The molecular formula is C16H15Cl2N3O. The smallest absolute Gasteiger partial charge is 0.230 e. The highest BCUT2D eigenvalue weighted by atomic mass is 35.5. The molecule has 0 bridgehead atoms. The van der Waals surface area contributed by atoms with Crippen LogP contribution in [0.5, 0.6) is 0 Å². The molecule has 114 valence electrons. The van der Waals surface area contributed by atoms with E-state index in [2.05, 4.69) is 15.6 Å². The molecule has 22 heavy (non-hydrogen) atoms. The Balaban J connectivity index is 1.88. The van der Waals surface area contributed by atoms with Gasteiger partial charge in [0, 0.05) is 29.1 Å². The van der Waals surface area contributed by atoms with E-state index < -0.39 is 5.41 Å². The standard InChI is InChI=1S/C16H15Cl2N3O/c1-16(2)7-9-5-10(3-4-13(9)21-15(16)22)20-14-6-11(17)12(18)8-19-14/h3-6,8H,7H2,1-2H3,(H,19,20)(H,21,22). The molecule has 4 nitrogen and oxygen atoms in total. The molecule has 1 aromatic carbocycles. The Morgan fingerprint density at radius 1 is 1.23 bits per heavy atom. The van der Waals surface area contributed by atoms with Crippen LogP contribution in [-0.2, 0) is 11.2 Å².